The Bertz CT molecular complexity index is 1490. The van der Waals surface area contributed by atoms with Crippen LogP contribution in [0.5, 0.6) is 5.75 Å². The standard InChI is InChI=1S/C27H31F2N7O4/c1-26(2,3)40-25(37)35-7-6-16(28)18(12-35)32-24-15(10-30)8-17(29)22(33-24)19-11-31-21-9-20(38-5)23(34-36(19)21)27(4)13-39-14-27/h8-9,11,16,18H,6-7,12-14H2,1-5H3,(H,32,33)/t16-,18-/m0/s1. The Balaban J connectivity index is 1.50. The van der Waals surface area contributed by atoms with E-state index in [-0.39, 0.29) is 47.7 Å². The molecule has 0 radical (unpaired) electrons. The van der Waals surface area contributed by atoms with Crippen molar-refractivity contribution >= 4 is 17.6 Å². The zero-order valence-corrected chi connectivity index (χ0v) is 23.0. The maximum Gasteiger partial charge on any atom is 0.410 e. The molecule has 2 fully saturated rings. The largest absolute Gasteiger partial charge is 0.495 e. The van der Waals surface area contributed by atoms with E-state index in [2.05, 4.69) is 15.3 Å². The van der Waals surface area contributed by atoms with Gasteiger partial charge < -0.3 is 24.4 Å². The van der Waals surface area contributed by atoms with Crippen LogP contribution in [0.25, 0.3) is 17.0 Å². The van der Waals surface area contributed by atoms with Crippen LogP contribution in [0.4, 0.5) is 19.4 Å². The fourth-order valence-corrected chi connectivity index (χ4v) is 4.77. The number of alkyl halides is 1. The molecule has 40 heavy (non-hydrogen) atoms. The average molecular weight is 556 g/mol. The van der Waals surface area contributed by atoms with Crippen LogP contribution < -0.4 is 10.1 Å². The molecule has 5 heterocycles. The molecule has 3 aromatic heterocycles. The van der Waals surface area contributed by atoms with Crippen molar-refractivity contribution < 1.29 is 27.8 Å². The molecule has 0 bridgehead atoms. The molecule has 0 spiro atoms. The number of hydrogen-bond acceptors (Lipinski definition) is 9. The third-order valence-electron chi connectivity index (χ3n) is 6.93. The summed E-state index contributed by atoms with van der Waals surface area (Å²) in [5.74, 6) is -0.246. The Hall–Kier alpha value is -4.05. The van der Waals surface area contributed by atoms with Crippen LogP contribution in [-0.2, 0) is 14.9 Å². The molecule has 11 nitrogen and oxygen atoms in total. The van der Waals surface area contributed by atoms with Crippen molar-refractivity contribution in [2.24, 2.45) is 0 Å². The minimum absolute atomic E-state index is 0.0133. The number of anilines is 1. The van der Waals surface area contributed by atoms with Crippen molar-refractivity contribution in [3.63, 3.8) is 0 Å². The summed E-state index contributed by atoms with van der Waals surface area (Å²) in [7, 11) is 1.54. The van der Waals surface area contributed by atoms with Gasteiger partial charge in [0.1, 0.15) is 46.5 Å². The number of hydrogen-bond donors (Lipinski definition) is 1. The number of nitriles is 1. The lowest BCUT2D eigenvalue weighted by molar-refractivity contribution is -0.0535. The highest BCUT2D eigenvalue weighted by molar-refractivity contribution is 5.69. The molecule has 1 amide bonds. The number of rotatable bonds is 5. The van der Waals surface area contributed by atoms with E-state index in [0.717, 1.165) is 6.07 Å². The molecule has 0 aromatic carbocycles. The Morgan fingerprint density at radius 3 is 2.70 bits per heavy atom. The SMILES string of the molecule is COc1cc2ncc(-c3nc(N[C@H]4CN(C(=O)OC(C)(C)C)CC[C@@H]4F)c(C#N)cc3F)n2nc1C1(C)COC1. The van der Waals surface area contributed by atoms with Gasteiger partial charge in [0.25, 0.3) is 0 Å². The van der Waals surface area contributed by atoms with Gasteiger partial charge in [0.15, 0.2) is 11.5 Å². The molecule has 0 unspecified atom stereocenters. The fraction of sp³-hybridized carbons (Fsp3) is 0.519. The number of methoxy groups -OCH3 is 1. The van der Waals surface area contributed by atoms with E-state index >= 15 is 4.39 Å². The van der Waals surface area contributed by atoms with E-state index in [0.29, 0.717) is 30.3 Å². The number of fused-ring (bicyclic) bond motifs is 1. The van der Waals surface area contributed by atoms with Crippen molar-refractivity contribution in [1.29, 1.82) is 5.26 Å². The number of piperidine rings is 1. The number of nitrogens with zero attached hydrogens (tertiary/aromatic N) is 6. The van der Waals surface area contributed by atoms with Crippen molar-refractivity contribution in [2.75, 3.05) is 38.7 Å². The second-order valence-electron chi connectivity index (χ2n) is 11.3. The van der Waals surface area contributed by atoms with Gasteiger partial charge in [-0.1, -0.05) is 0 Å². The molecular formula is C27H31F2N7O4. The molecule has 1 N–H and O–H groups in total. The second kappa shape index (κ2) is 10.2. The van der Waals surface area contributed by atoms with Gasteiger partial charge in [-0.2, -0.15) is 10.4 Å². The van der Waals surface area contributed by atoms with Crippen LogP contribution in [0.15, 0.2) is 18.3 Å². The summed E-state index contributed by atoms with van der Waals surface area (Å²) in [6, 6.07) is 3.76. The lowest BCUT2D eigenvalue weighted by atomic mass is 9.84. The molecule has 5 rings (SSSR count). The van der Waals surface area contributed by atoms with Crippen LogP contribution in [0.2, 0.25) is 0 Å². The van der Waals surface area contributed by atoms with E-state index in [4.69, 9.17) is 19.3 Å². The van der Waals surface area contributed by atoms with Crippen LogP contribution in [0.3, 0.4) is 0 Å². The number of pyridine rings is 1. The average Bonchev–Trinajstić information content (AvgIpc) is 3.30. The minimum atomic E-state index is -1.33. The Kier molecular flexibility index (Phi) is 6.99. The molecule has 13 heteroatoms. The third kappa shape index (κ3) is 5.11. The highest BCUT2D eigenvalue weighted by Gasteiger charge is 2.40. The van der Waals surface area contributed by atoms with Gasteiger partial charge in [-0.15, -0.1) is 0 Å². The number of ether oxygens (including phenoxy) is 3. The molecule has 212 valence electrons. The van der Waals surface area contributed by atoms with Gasteiger partial charge in [0, 0.05) is 19.2 Å². The number of halogens is 2. The lowest BCUT2D eigenvalue weighted by Crippen LogP contribution is -2.52. The van der Waals surface area contributed by atoms with Gasteiger partial charge in [0.2, 0.25) is 0 Å². The lowest BCUT2D eigenvalue weighted by Gasteiger charge is -2.37. The van der Waals surface area contributed by atoms with Crippen molar-refractivity contribution in [3.8, 4) is 23.2 Å². The third-order valence-corrected chi connectivity index (χ3v) is 6.93. The number of imidazole rings is 1. The summed E-state index contributed by atoms with van der Waals surface area (Å²) in [5.41, 5.74) is -0.0452. The molecule has 2 atom stereocenters. The van der Waals surface area contributed by atoms with E-state index in [9.17, 15) is 14.4 Å². The smallest absolute Gasteiger partial charge is 0.410 e. The summed E-state index contributed by atoms with van der Waals surface area (Å²) in [6.45, 7) is 8.32. The number of aromatic nitrogens is 4. The molecule has 2 aliphatic heterocycles. The summed E-state index contributed by atoms with van der Waals surface area (Å²) >= 11 is 0. The molecule has 2 saturated heterocycles. The van der Waals surface area contributed by atoms with Crippen molar-refractivity contribution in [3.05, 3.63) is 35.4 Å². The molecule has 0 aliphatic carbocycles. The molecular weight excluding hydrogens is 524 g/mol. The first-order chi connectivity index (χ1) is 18.9. The van der Waals surface area contributed by atoms with Gasteiger partial charge >= 0.3 is 6.09 Å². The highest BCUT2D eigenvalue weighted by Crippen LogP contribution is 2.37. The van der Waals surface area contributed by atoms with Gasteiger partial charge in [-0.25, -0.2) is 28.1 Å². The molecule has 3 aromatic rings. The van der Waals surface area contributed by atoms with E-state index < -0.39 is 29.7 Å². The van der Waals surface area contributed by atoms with E-state index in [1.807, 2.05) is 13.0 Å². The number of nitrogens with one attached hydrogen (secondary N) is 1. The summed E-state index contributed by atoms with van der Waals surface area (Å²) in [6.07, 6.45) is -0.404. The predicted molar refractivity (Wildman–Crippen MR) is 140 cm³/mol. The Morgan fingerprint density at radius 1 is 1.32 bits per heavy atom. The Labute approximate surface area is 230 Å². The van der Waals surface area contributed by atoms with Crippen LogP contribution in [0.1, 0.15) is 45.4 Å². The fourth-order valence-electron chi connectivity index (χ4n) is 4.77. The topological polar surface area (TPSA) is 127 Å². The highest BCUT2D eigenvalue weighted by atomic mass is 19.1. The maximum absolute atomic E-state index is 15.3. The number of carbonyl (C=O) groups is 1. The number of amides is 1. The molecule has 2 aliphatic rings. The van der Waals surface area contributed by atoms with Gasteiger partial charge in [-0.3, -0.25) is 0 Å². The van der Waals surface area contributed by atoms with E-state index in [1.165, 1.54) is 22.7 Å². The van der Waals surface area contributed by atoms with Crippen LogP contribution >= 0.6 is 0 Å². The summed E-state index contributed by atoms with van der Waals surface area (Å²) in [4.78, 5) is 22.7. The predicted octanol–water partition coefficient (Wildman–Crippen LogP) is 3.86. The monoisotopic (exact) mass is 555 g/mol. The van der Waals surface area contributed by atoms with Crippen molar-refractivity contribution in [2.45, 2.75) is 57.3 Å². The first-order valence-corrected chi connectivity index (χ1v) is 12.9. The number of carbonyl (C=O) groups excluding carboxylic acids is 1. The maximum atomic E-state index is 15.3. The van der Waals surface area contributed by atoms with Crippen LogP contribution in [-0.4, -0.2) is 81.8 Å². The van der Waals surface area contributed by atoms with Crippen LogP contribution in [0, 0.1) is 17.1 Å². The van der Waals surface area contributed by atoms with Gasteiger partial charge in [0.05, 0.1) is 43.5 Å². The quantitative estimate of drug-likeness (QED) is 0.499. The first-order valence-electron chi connectivity index (χ1n) is 12.9. The zero-order chi connectivity index (χ0) is 28.8. The minimum Gasteiger partial charge on any atom is -0.495 e. The van der Waals surface area contributed by atoms with E-state index in [1.54, 1.807) is 26.8 Å². The Morgan fingerprint density at radius 2 is 2.08 bits per heavy atom. The zero-order valence-electron chi connectivity index (χ0n) is 23.0. The summed E-state index contributed by atoms with van der Waals surface area (Å²) < 4.78 is 48.2. The summed E-state index contributed by atoms with van der Waals surface area (Å²) in [5, 5.41) is 17.3. The first kappa shape index (κ1) is 27.5. The normalized spacial score (nSPS) is 20.5. The molecule has 0 saturated carbocycles. The second-order valence-corrected chi connectivity index (χ2v) is 11.3. The van der Waals surface area contributed by atoms with Crippen molar-refractivity contribution in [1.82, 2.24) is 24.5 Å². The number of likely N-dealkylation sites (tertiary alicyclic amines) is 1. The van der Waals surface area contributed by atoms with Gasteiger partial charge in [-0.05, 0) is 40.2 Å².